The van der Waals surface area contributed by atoms with E-state index in [0.717, 1.165) is 28.8 Å². The minimum Gasteiger partial charge on any atom is -0.508 e. The number of benzene rings is 1. The molecule has 0 atom stereocenters. The van der Waals surface area contributed by atoms with Gasteiger partial charge in [0.1, 0.15) is 5.75 Å². The molecule has 1 aliphatic rings. The number of ether oxygens (including phenoxy) is 1. The fourth-order valence-corrected chi connectivity index (χ4v) is 3.43. The molecule has 0 bridgehead atoms. The van der Waals surface area contributed by atoms with Crippen LogP contribution in [0.3, 0.4) is 0 Å². The maximum absolute atomic E-state index is 14.2. The third kappa shape index (κ3) is 5.67. The zero-order valence-electron chi connectivity index (χ0n) is 19.3. The lowest BCUT2D eigenvalue weighted by Gasteiger charge is -2.27. The maximum atomic E-state index is 14.2. The van der Waals surface area contributed by atoms with Crippen molar-refractivity contribution in [2.75, 3.05) is 60.9 Å². The average molecular weight is 467 g/mol. The largest absolute Gasteiger partial charge is 0.508 e. The molecule has 4 rings (SSSR count). The Hall–Kier alpha value is -3.99. The molecule has 34 heavy (non-hydrogen) atoms. The molecule has 3 N–H and O–H groups in total. The molecule has 178 valence electrons. The number of anilines is 5. The quantitative estimate of drug-likeness (QED) is 0.357. The number of aromatic nitrogens is 3. The second-order valence-corrected chi connectivity index (χ2v) is 8.02. The summed E-state index contributed by atoms with van der Waals surface area (Å²) in [6, 6.07) is 7.15. The maximum Gasteiger partial charge on any atom is 0.245 e. The summed E-state index contributed by atoms with van der Waals surface area (Å²) in [6.45, 7) is 4.14. The molecule has 0 amide bonds. The Balaban J connectivity index is 1.42. The van der Waals surface area contributed by atoms with Crippen molar-refractivity contribution in [3.63, 3.8) is 0 Å². The van der Waals surface area contributed by atoms with E-state index < -0.39 is 5.82 Å². The van der Waals surface area contributed by atoms with Crippen molar-refractivity contribution in [1.82, 2.24) is 15.0 Å². The van der Waals surface area contributed by atoms with Gasteiger partial charge in [-0.2, -0.15) is 10.1 Å². The van der Waals surface area contributed by atoms with Gasteiger partial charge < -0.3 is 25.0 Å². The number of pyridine rings is 1. The predicted molar refractivity (Wildman–Crippen MR) is 131 cm³/mol. The average Bonchev–Trinajstić information content (AvgIpc) is 2.82. The minimum atomic E-state index is -0.485. The van der Waals surface area contributed by atoms with Gasteiger partial charge >= 0.3 is 0 Å². The number of phenolic OH excluding ortho intramolecular Hbond substituents is 1. The van der Waals surface area contributed by atoms with Crippen LogP contribution in [0.25, 0.3) is 0 Å². The SMILES string of the molecule is Cc1cc(/C=N/Nc2ncc(F)c(N3CCOCC3)n2)ncc1Nc1cc(O)cc(N(C)C)c1. The summed E-state index contributed by atoms with van der Waals surface area (Å²) in [5.74, 6) is 0.106. The number of rotatable bonds is 7. The lowest BCUT2D eigenvalue weighted by atomic mass is 10.2. The van der Waals surface area contributed by atoms with Crippen molar-refractivity contribution >= 4 is 35.0 Å². The molecule has 0 spiro atoms. The fourth-order valence-electron chi connectivity index (χ4n) is 3.43. The molecule has 1 saturated heterocycles. The molecular formula is C23H27FN8O2. The summed E-state index contributed by atoms with van der Waals surface area (Å²) < 4.78 is 19.5. The van der Waals surface area contributed by atoms with Crippen LogP contribution >= 0.6 is 0 Å². The van der Waals surface area contributed by atoms with Crippen LogP contribution in [0, 0.1) is 12.7 Å². The normalized spacial score (nSPS) is 13.8. The van der Waals surface area contributed by atoms with E-state index in [9.17, 15) is 9.50 Å². The van der Waals surface area contributed by atoms with Crippen LogP contribution in [0.1, 0.15) is 11.3 Å². The second-order valence-electron chi connectivity index (χ2n) is 8.02. The van der Waals surface area contributed by atoms with Crippen LogP contribution in [0.15, 0.2) is 41.8 Å². The van der Waals surface area contributed by atoms with Crippen LogP contribution in [0.4, 0.5) is 33.2 Å². The van der Waals surface area contributed by atoms with Gasteiger partial charge in [0.15, 0.2) is 11.6 Å². The van der Waals surface area contributed by atoms with Gasteiger partial charge in [-0.3, -0.25) is 4.98 Å². The van der Waals surface area contributed by atoms with E-state index >= 15 is 0 Å². The molecule has 11 heteroatoms. The van der Waals surface area contributed by atoms with Gasteiger partial charge in [0.05, 0.1) is 43.2 Å². The number of nitrogens with zero attached hydrogens (tertiary/aromatic N) is 6. The number of halogens is 1. The van der Waals surface area contributed by atoms with Crippen LogP contribution in [0.5, 0.6) is 5.75 Å². The standard InChI is InChI=1S/C23H27FN8O2/c1-15-8-17(25-14-21(15)28-16-9-18(31(2)3)11-19(33)10-16)12-27-30-23-26-13-20(24)22(29-23)32-4-6-34-7-5-32/h8-14,28,33H,4-7H2,1-3H3,(H,26,29,30)/b27-12+. The highest BCUT2D eigenvalue weighted by Crippen LogP contribution is 2.28. The van der Waals surface area contributed by atoms with Crippen molar-refractivity contribution < 1.29 is 14.2 Å². The van der Waals surface area contributed by atoms with Crippen LogP contribution in [-0.2, 0) is 4.74 Å². The first-order chi connectivity index (χ1) is 16.4. The van der Waals surface area contributed by atoms with Gasteiger partial charge in [-0.1, -0.05) is 0 Å². The zero-order valence-corrected chi connectivity index (χ0v) is 19.3. The summed E-state index contributed by atoms with van der Waals surface area (Å²) in [7, 11) is 3.82. The number of aryl methyl sites for hydroxylation is 1. The van der Waals surface area contributed by atoms with Crippen molar-refractivity contribution in [2.45, 2.75) is 6.92 Å². The molecule has 2 aromatic heterocycles. The van der Waals surface area contributed by atoms with Crippen molar-refractivity contribution in [3.8, 4) is 5.75 Å². The molecule has 10 nitrogen and oxygen atoms in total. The Kier molecular flexibility index (Phi) is 7.02. The van der Waals surface area contributed by atoms with Crippen molar-refractivity contribution in [3.05, 3.63) is 53.7 Å². The number of hydrogen-bond acceptors (Lipinski definition) is 10. The Morgan fingerprint density at radius 1 is 1.15 bits per heavy atom. The molecule has 1 aliphatic heterocycles. The monoisotopic (exact) mass is 466 g/mol. The number of hydrazone groups is 1. The van der Waals surface area contributed by atoms with E-state index in [2.05, 4.69) is 30.8 Å². The molecule has 0 saturated carbocycles. The third-order valence-electron chi connectivity index (χ3n) is 5.23. The summed E-state index contributed by atoms with van der Waals surface area (Å²) in [5.41, 5.74) is 6.73. The lowest BCUT2D eigenvalue weighted by Crippen LogP contribution is -2.37. The molecule has 0 aliphatic carbocycles. The Bertz CT molecular complexity index is 1180. The molecule has 1 fully saturated rings. The Morgan fingerprint density at radius 3 is 2.68 bits per heavy atom. The van der Waals surface area contributed by atoms with Gasteiger partial charge in [0.2, 0.25) is 5.95 Å². The smallest absolute Gasteiger partial charge is 0.245 e. The number of phenols is 1. The zero-order chi connectivity index (χ0) is 24.1. The second kappa shape index (κ2) is 10.3. The number of morpholine rings is 1. The van der Waals surface area contributed by atoms with E-state index in [0.29, 0.717) is 32.0 Å². The van der Waals surface area contributed by atoms with Crippen molar-refractivity contribution in [1.29, 1.82) is 0 Å². The molecular weight excluding hydrogens is 439 g/mol. The highest BCUT2D eigenvalue weighted by Gasteiger charge is 2.17. The first kappa shape index (κ1) is 23.2. The molecule has 3 aromatic rings. The first-order valence-electron chi connectivity index (χ1n) is 10.8. The highest BCUT2D eigenvalue weighted by molar-refractivity contribution is 5.79. The summed E-state index contributed by atoms with van der Waals surface area (Å²) in [5, 5.41) is 17.4. The summed E-state index contributed by atoms with van der Waals surface area (Å²) >= 11 is 0. The van der Waals surface area contributed by atoms with Gasteiger partial charge in [-0.05, 0) is 24.6 Å². The van der Waals surface area contributed by atoms with Gasteiger partial charge in [-0.25, -0.2) is 14.8 Å². The van der Waals surface area contributed by atoms with Crippen LogP contribution in [0.2, 0.25) is 0 Å². The molecule has 1 aromatic carbocycles. The number of aromatic hydroxyl groups is 1. The Labute approximate surface area is 197 Å². The van der Waals surface area contributed by atoms with E-state index in [1.54, 1.807) is 18.3 Å². The van der Waals surface area contributed by atoms with Gasteiger partial charge in [-0.15, -0.1) is 0 Å². The fraction of sp³-hybridized carbons (Fsp3) is 0.304. The minimum absolute atomic E-state index is 0.175. The molecule has 0 radical (unpaired) electrons. The van der Waals surface area contributed by atoms with E-state index in [1.807, 2.05) is 43.0 Å². The van der Waals surface area contributed by atoms with E-state index in [-0.39, 0.29) is 17.5 Å². The predicted octanol–water partition coefficient (Wildman–Crippen LogP) is 3.12. The van der Waals surface area contributed by atoms with Gasteiger partial charge in [0, 0.05) is 50.7 Å². The van der Waals surface area contributed by atoms with Crippen LogP contribution < -0.4 is 20.5 Å². The number of nitrogens with one attached hydrogen (secondary N) is 2. The topological polar surface area (TPSA) is 111 Å². The third-order valence-corrected chi connectivity index (χ3v) is 5.23. The van der Waals surface area contributed by atoms with Crippen molar-refractivity contribution in [2.24, 2.45) is 5.10 Å². The number of hydrogen-bond donors (Lipinski definition) is 3. The molecule has 3 heterocycles. The summed E-state index contributed by atoms with van der Waals surface area (Å²) in [4.78, 5) is 16.3. The van der Waals surface area contributed by atoms with Gasteiger partial charge in [0.25, 0.3) is 0 Å². The Morgan fingerprint density at radius 2 is 1.94 bits per heavy atom. The first-order valence-corrected chi connectivity index (χ1v) is 10.8. The highest BCUT2D eigenvalue weighted by atomic mass is 19.1. The van der Waals surface area contributed by atoms with E-state index in [1.165, 1.54) is 6.21 Å². The summed E-state index contributed by atoms with van der Waals surface area (Å²) in [6.07, 6.45) is 4.36. The van der Waals surface area contributed by atoms with Crippen LogP contribution in [-0.4, -0.2) is 66.7 Å². The molecule has 0 unspecified atom stereocenters. The lowest BCUT2D eigenvalue weighted by molar-refractivity contribution is 0.122. The van der Waals surface area contributed by atoms with E-state index in [4.69, 9.17) is 4.74 Å².